The third-order valence-corrected chi connectivity index (χ3v) is 5.66. The zero-order chi connectivity index (χ0) is 22.8. The van der Waals surface area contributed by atoms with Gasteiger partial charge in [-0.25, -0.2) is 0 Å². The summed E-state index contributed by atoms with van der Waals surface area (Å²) in [6.45, 7) is 2.10. The van der Waals surface area contributed by atoms with Gasteiger partial charge in [0.25, 0.3) is 6.33 Å². The van der Waals surface area contributed by atoms with Crippen LogP contribution in [0.3, 0.4) is 0 Å². The van der Waals surface area contributed by atoms with Crippen molar-refractivity contribution < 1.29 is 9.67 Å². The fourth-order valence-electron chi connectivity index (χ4n) is 4.08. The maximum Gasteiger partial charge on any atom is 0.269 e. The van der Waals surface area contributed by atoms with E-state index in [1.54, 1.807) is 13.1 Å². The number of aromatic hydroxyl groups is 1. The zero-order valence-corrected chi connectivity index (χ0v) is 18.6. The molecule has 0 radical (unpaired) electrons. The Hall–Kier alpha value is -4.38. The van der Waals surface area contributed by atoms with Gasteiger partial charge in [0.2, 0.25) is 0 Å². The maximum absolute atomic E-state index is 10.5. The average molecular weight is 433 g/mol. The number of benzene rings is 4. The first kappa shape index (κ1) is 20.5. The number of nitrogens with zero attached hydrogens (tertiary/aromatic N) is 4. The number of aromatic nitrogens is 2. The van der Waals surface area contributed by atoms with Gasteiger partial charge in [0.1, 0.15) is 11.4 Å². The van der Waals surface area contributed by atoms with Crippen LogP contribution in [0.1, 0.15) is 5.56 Å². The summed E-state index contributed by atoms with van der Waals surface area (Å²) < 4.78 is 3.91. The van der Waals surface area contributed by atoms with Gasteiger partial charge in [-0.1, -0.05) is 60.7 Å². The van der Waals surface area contributed by atoms with Crippen molar-refractivity contribution in [3.63, 3.8) is 0 Å². The number of hydrogen-bond acceptors (Lipinski definition) is 2. The summed E-state index contributed by atoms with van der Waals surface area (Å²) in [6, 6.07) is 31.9. The van der Waals surface area contributed by atoms with Crippen molar-refractivity contribution in [2.75, 3.05) is 11.9 Å². The van der Waals surface area contributed by atoms with Crippen molar-refractivity contribution in [1.29, 1.82) is 0 Å². The molecular weight excluding hydrogens is 408 g/mol. The number of phenols is 1. The molecule has 5 heteroatoms. The zero-order valence-electron chi connectivity index (χ0n) is 18.6. The van der Waals surface area contributed by atoms with Gasteiger partial charge < -0.3 is 10.0 Å². The van der Waals surface area contributed by atoms with Crippen LogP contribution in [0, 0.1) is 13.3 Å². The normalized spacial score (nSPS) is 11.3. The molecule has 1 heterocycles. The summed E-state index contributed by atoms with van der Waals surface area (Å²) in [5.74, 6) is 0.209. The number of aliphatic imine (C=N–C) groups is 1. The first-order chi connectivity index (χ1) is 16.2. The van der Waals surface area contributed by atoms with E-state index in [-0.39, 0.29) is 5.75 Å². The molecule has 0 atom stereocenters. The van der Waals surface area contributed by atoms with E-state index in [1.165, 1.54) is 0 Å². The lowest BCUT2D eigenvalue weighted by Gasteiger charge is -2.22. The molecule has 0 aliphatic heterocycles. The van der Waals surface area contributed by atoms with Crippen LogP contribution in [-0.4, -0.2) is 23.1 Å². The van der Waals surface area contributed by atoms with Gasteiger partial charge in [-0.3, -0.25) is 14.1 Å². The molecule has 0 saturated carbocycles. The second kappa shape index (κ2) is 8.63. The second-order valence-electron chi connectivity index (χ2n) is 7.80. The molecule has 0 aliphatic rings. The molecular formula is C28H24N4O. The topological polar surface area (TPSA) is 44.6 Å². The van der Waals surface area contributed by atoms with Gasteiger partial charge in [-0.05, 0) is 48.9 Å². The highest BCUT2D eigenvalue weighted by Gasteiger charge is 2.15. The molecule has 162 valence electrons. The van der Waals surface area contributed by atoms with E-state index in [2.05, 4.69) is 59.5 Å². The van der Waals surface area contributed by atoms with Crippen molar-refractivity contribution in [3.8, 4) is 17.1 Å². The van der Waals surface area contributed by atoms with Crippen LogP contribution < -0.4 is 9.47 Å². The first-order valence-electron chi connectivity index (χ1n) is 10.8. The summed E-state index contributed by atoms with van der Waals surface area (Å²) in [7, 11) is 1.78. The summed E-state index contributed by atoms with van der Waals surface area (Å²) in [5, 5.41) is 10.5. The quantitative estimate of drug-likeness (QED) is 0.172. The van der Waals surface area contributed by atoms with E-state index in [0.717, 1.165) is 33.7 Å². The number of hydrogen-bond donors (Lipinski definition) is 1. The summed E-state index contributed by atoms with van der Waals surface area (Å²) >= 11 is 0. The second-order valence-corrected chi connectivity index (χ2v) is 7.80. The Morgan fingerprint density at radius 2 is 1.67 bits per heavy atom. The van der Waals surface area contributed by atoms with Crippen molar-refractivity contribution in [3.05, 3.63) is 109 Å². The predicted octanol–water partition coefficient (Wildman–Crippen LogP) is 5.52. The van der Waals surface area contributed by atoms with Crippen LogP contribution in [0.15, 0.2) is 102 Å². The molecule has 0 unspecified atom stereocenters. The van der Waals surface area contributed by atoms with E-state index in [9.17, 15) is 5.11 Å². The van der Waals surface area contributed by atoms with Gasteiger partial charge in [-0.2, -0.15) is 0 Å². The molecule has 1 N–H and O–H groups in total. The number of aryl methyl sites for hydroxylation is 1. The lowest BCUT2D eigenvalue weighted by atomic mass is 10.1. The molecule has 1 aromatic heterocycles. The van der Waals surface area contributed by atoms with Gasteiger partial charge in [0.05, 0.1) is 23.1 Å². The minimum absolute atomic E-state index is 0.209. The molecule has 0 spiro atoms. The van der Waals surface area contributed by atoms with Crippen LogP contribution in [0.4, 0.5) is 11.4 Å². The van der Waals surface area contributed by atoms with Crippen LogP contribution in [0.2, 0.25) is 0 Å². The molecule has 0 aliphatic carbocycles. The summed E-state index contributed by atoms with van der Waals surface area (Å²) in [5.41, 5.74) is 6.82. The molecule has 0 amide bonds. The molecule has 5 rings (SSSR count). The molecule has 0 saturated heterocycles. The Labute approximate surface area is 193 Å². The van der Waals surface area contributed by atoms with Crippen LogP contribution in [-0.2, 0) is 0 Å². The smallest absolute Gasteiger partial charge is 0.269 e. The Bertz CT molecular complexity index is 1470. The van der Waals surface area contributed by atoms with Crippen molar-refractivity contribution in [1.82, 2.24) is 4.57 Å². The number of imidazole rings is 1. The molecule has 5 aromatic rings. The van der Waals surface area contributed by atoms with E-state index < -0.39 is 0 Å². The fourth-order valence-corrected chi connectivity index (χ4v) is 4.08. The van der Waals surface area contributed by atoms with Crippen molar-refractivity contribution in [2.24, 2.45) is 4.99 Å². The third-order valence-electron chi connectivity index (χ3n) is 5.66. The number of fused-ring (bicyclic) bond motifs is 1. The third kappa shape index (κ3) is 3.74. The minimum Gasteiger partial charge on any atom is -0.511 e. The maximum atomic E-state index is 10.5. The van der Waals surface area contributed by atoms with Crippen LogP contribution in [0.5, 0.6) is 5.75 Å². The Morgan fingerprint density at radius 1 is 0.909 bits per heavy atom. The molecule has 0 fully saturated rings. The van der Waals surface area contributed by atoms with Gasteiger partial charge in [0.15, 0.2) is 0 Å². The van der Waals surface area contributed by atoms with E-state index in [4.69, 9.17) is 0 Å². The minimum atomic E-state index is 0.209. The van der Waals surface area contributed by atoms with Crippen molar-refractivity contribution >= 4 is 28.7 Å². The number of anilines is 2. The van der Waals surface area contributed by atoms with E-state index in [0.29, 0.717) is 5.69 Å². The van der Waals surface area contributed by atoms with Crippen molar-refractivity contribution in [2.45, 2.75) is 6.92 Å². The van der Waals surface area contributed by atoms with E-state index in [1.807, 2.05) is 70.1 Å². The first-order valence-corrected chi connectivity index (χ1v) is 10.8. The largest absolute Gasteiger partial charge is 0.511 e. The molecule has 4 aromatic carbocycles. The molecule has 5 nitrogen and oxygen atoms in total. The van der Waals surface area contributed by atoms with Gasteiger partial charge >= 0.3 is 0 Å². The summed E-state index contributed by atoms with van der Waals surface area (Å²) in [4.78, 5) is 6.38. The molecule has 33 heavy (non-hydrogen) atoms. The Kier molecular flexibility index (Phi) is 5.37. The lowest BCUT2D eigenvalue weighted by molar-refractivity contribution is -0.573. The number of para-hydroxylation sites is 5. The number of phenolic OH excluding ortho intramolecular Hbond substituents is 1. The summed E-state index contributed by atoms with van der Waals surface area (Å²) in [6.07, 6.45) is 5.27. The van der Waals surface area contributed by atoms with E-state index >= 15 is 0 Å². The average Bonchev–Trinajstić information content (AvgIpc) is 3.23. The highest BCUT2D eigenvalue weighted by Crippen LogP contribution is 2.29. The van der Waals surface area contributed by atoms with Gasteiger partial charge in [0, 0.05) is 18.4 Å². The lowest BCUT2D eigenvalue weighted by Crippen LogP contribution is -2.29. The SMILES string of the molecule is CN=CN(c1cccc(-n2[c-][n+](-c3ccccc3O)c3ccccc32)c1)c1ccccc1C. The standard InChI is InChI=1S/C28H24N4O/c1-21-10-3-4-13-24(21)30(19-29-2)22-11-9-12-23(18-22)31-20-32(26-15-6-5-14-25(26)31)27-16-7-8-17-28(27)33/h3-19,33H,1-2H3. The molecule has 0 bridgehead atoms. The van der Waals surface area contributed by atoms with Gasteiger partial charge in [-0.15, -0.1) is 0 Å². The van der Waals surface area contributed by atoms with Crippen LogP contribution >= 0.6 is 0 Å². The Morgan fingerprint density at radius 3 is 2.48 bits per heavy atom. The number of rotatable bonds is 5. The Balaban J connectivity index is 1.68. The predicted molar refractivity (Wildman–Crippen MR) is 133 cm³/mol. The fraction of sp³-hybridized carbons (Fsp3) is 0.0714. The highest BCUT2D eigenvalue weighted by molar-refractivity contribution is 5.91. The van der Waals surface area contributed by atoms with Crippen LogP contribution in [0.25, 0.3) is 22.4 Å². The highest BCUT2D eigenvalue weighted by atomic mass is 16.3. The monoisotopic (exact) mass is 432 g/mol.